The van der Waals surface area contributed by atoms with Crippen molar-refractivity contribution in [3.8, 4) is 50.3 Å². The van der Waals surface area contributed by atoms with Crippen LogP contribution in [0, 0.1) is 0 Å². The molecule has 51 heavy (non-hydrogen) atoms. The number of para-hydroxylation sites is 1. The Kier molecular flexibility index (Phi) is 6.85. The van der Waals surface area contributed by atoms with E-state index in [-0.39, 0.29) is 0 Å². The number of rotatable bonds is 5. The van der Waals surface area contributed by atoms with Gasteiger partial charge in [0.15, 0.2) is 0 Å². The van der Waals surface area contributed by atoms with Crippen molar-refractivity contribution in [3.63, 3.8) is 0 Å². The minimum absolute atomic E-state index is 0.971. The summed E-state index contributed by atoms with van der Waals surface area (Å²) in [6.45, 7) is 0. The molecule has 1 heterocycles. The van der Waals surface area contributed by atoms with E-state index in [0.29, 0.717) is 0 Å². The maximum Gasteiger partial charge on any atom is 0.101 e. The Balaban J connectivity index is 1.23. The summed E-state index contributed by atoms with van der Waals surface area (Å²) in [4.78, 5) is 0. The number of nitrogens with zero attached hydrogens (tertiary/aromatic N) is 2. The summed E-state index contributed by atoms with van der Waals surface area (Å²) < 4.78 is 2.14. The second-order valence-corrected chi connectivity index (χ2v) is 13.1. The van der Waals surface area contributed by atoms with E-state index in [0.717, 1.165) is 27.8 Å². The van der Waals surface area contributed by atoms with Crippen LogP contribution in [0.1, 0.15) is 0 Å². The average molecular weight is 649 g/mol. The molecular weight excluding hydrogens is 617 g/mol. The molecule has 2 heteroatoms. The van der Waals surface area contributed by atoms with Crippen molar-refractivity contribution >= 4 is 43.2 Å². The second kappa shape index (κ2) is 12.0. The molecule has 0 aliphatic heterocycles. The van der Waals surface area contributed by atoms with Gasteiger partial charge in [0, 0.05) is 16.3 Å². The molecule has 0 bridgehead atoms. The van der Waals surface area contributed by atoms with Gasteiger partial charge in [-0.05, 0) is 78.5 Å². The van der Waals surface area contributed by atoms with Crippen molar-refractivity contribution in [2.24, 2.45) is 0 Å². The lowest BCUT2D eigenvalue weighted by Crippen LogP contribution is -1.96. The van der Waals surface area contributed by atoms with Crippen molar-refractivity contribution in [1.29, 1.82) is 0 Å². The molecule has 0 saturated heterocycles. The predicted molar refractivity (Wildman–Crippen MR) is 215 cm³/mol. The van der Waals surface area contributed by atoms with Crippen molar-refractivity contribution in [3.05, 3.63) is 194 Å². The summed E-state index contributed by atoms with van der Waals surface area (Å²) in [6.07, 6.45) is 0. The molecule has 2 nitrogen and oxygen atoms in total. The highest BCUT2D eigenvalue weighted by molar-refractivity contribution is 6.22. The Hall–Kier alpha value is -6.77. The number of hydrogen-bond donors (Lipinski definition) is 0. The fourth-order valence-electron chi connectivity index (χ4n) is 7.94. The lowest BCUT2D eigenvalue weighted by atomic mass is 9.86. The van der Waals surface area contributed by atoms with Crippen LogP contribution < -0.4 is 0 Å². The maximum absolute atomic E-state index is 5.43. The third-order valence-corrected chi connectivity index (χ3v) is 10.2. The van der Waals surface area contributed by atoms with Crippen LogP contribution in [0.15, 0.2) is 194 Å². The monoisotopic (exact) mass is 648 g/mol. The third kappa shape index (κ3) is 4.76. The van der Waals surface area contributed by atoms with E-state index < -0.39 is 0 Å². The standard InChI is InChI=1S/C49H32N2/c1-4-16-33(17-5-1)44-32-37-20-10-11-23-39(37)49-47(44)48(50-51(49)38-21-8-3-9-22-38)36-30-28-35(29-31-36)46-42-26-14-12-24-40(42)45(34-18-6-2-7-19-34)41-25-13-15-27-43(41)46/h1-32H. The Morgan fingerprint density at radius 2 is 0.784 bits per heavy atom. The van der Waals surface area contributed by atoms with Gasteiger partial charge in [-0.25, -0.2) is 4.68 Å². The maximum atomic E-state index is 5.43. The first-order valence-electron chi connectivity index (χ1n) is 17.5. The summed E-state index contributed by atoms with van der Waals surface area (Å²) in [6, 6.07) is 69.7. The second-order valence-electron chi connectivity index (χ2n) is 13.1. The Morgan fingerprint density at radius 1 is 0.353 bits per heavy atom. The number of benzene rings is 9. The van der Waals surface area contributed by atoms with Gasteiger partial charge < -0.3 is 0 Å². The highest BCUT2D eigenvalue weighted by atomic mass is 15.3. The molecule has 9 aromatic carbocycles. The summed E-state index contributed by atoms with van der Waals surface area (Å²) in [7, 11) is 0. The van der Waals surface area contributed by atoms with E-state index in [2.05, 4.69) is 199 Å². The lowest BCUT2D eigenvalue weighted by Gasteiger charge is -2.17. The molecule has 0 aliphatic carbocycles. The van der Waals surface area contributed by atoms with Gasteiger partial charge in [-0.15, -0.1) is 0 Å². The molecule has 0 N–H and O–H groups in total. The van der Waals surface area contributed by atoms with E-state index in [1.165, 1.54) is 65.7 Å². The molecule has 10 aromatic rings. The predicted octanol–water partition coefficient (Wildman–Crippen LogP) is 13.2. The minimum atomic E-state index is 0.971. The lowest BCUT2D eigenvalue weighted by molar-refractivity contribution is 0.918. The minimum Gasteiger partial charge on any atom is -0.232 e. The SMILES string of the molecule is c1ccc(-c2c3ccccc3c(-c3ccc(-c4nn(-c5ccccc5)c5c4c(-c4ccccc4)cc4ccccc45)cc3)c3ccccc23)cc1. The molecule has 0 aliphatic rings. The fraction of sp³-hybridized carbons (Fsp3) is 0. The Bertz CT molecular complexity index is 2810. The Labute approximate surface area is 296 Å². The summed E-state index contributed by atoms with van der Waals surface area (Å²) in [5, 5.41) is 14.0. The first-order chi connectivity index (χ1) is 25.3. The zero-order chi connectivity index (χ0) is 33.7. The van der Waals surface area contributed by atoms with E-state index in [4.69, 9.17) is 5.10 Å². The molecule has 0 fully saturated rings. The smallest absolute Gasteiger partial charge is 0.101 e. The number of aromatic nitrogens is 2. The van der Waals surface area contributed by atoms with Gasteiger partial charge in [0.2, 0.25) is 0 Å². The average Bonchev–Trinajstić information content (AvgIpc) is 3.62. The van der Waals surface area contributed by atoms with E-state index in [9.17, 15) is 0 Å². The van der Waals surface area contributed by atoms with Crippen LogP contribution in [0.5, 0.6) is 0 Å². The van der Waals surface area contributed by atoms with Gasteiger partial charge in [-0.3, -0.25) is 0 Å². The van der Waals surface area contributed by atoms with E-state index in [1.54, 1.807) is 0 Å². The highest BCUT2D eigenvalue weighted by Gasteiger charge is 2.22. The fourth-order valence-corrected chi connectivity index (χ4v) is 7.94. The highest BCUT2D eigenvalue weighted by Crippen LogP contribution is 2.45. The molecule has 10 rings (SSSR count). The van der Waals surface area contributed by atoms with Crippen LogP contribution in [0.2, 0.25) is 0 Å². The molecule has 0 saturated carbocycles. The van der Waals surface area contributed by atoms with Crippen LogP contribution in [0.25, 0.3) is 93.5 Å². The van der Waals surface area contributed by atoms with Gasteiger partial charge in [-0.2, -0.15) is 5.10 Å². The van der Waals surface area contributed by atoms with Crippen LogP contribution in [0.3, 0.4) is 0 Å². The van der Waals surface area contributed by atoms with Crippen LogP contribution in [-0.2, 0) is 0 Å². The summed E-state index contributed by atoms with van der Waals surface area (Å²) in [5.41, 5.74) is 11.5. The quantitative estimate of drug-likeness (QED) is 0.170. The largest absolute Gasteiger partial charge is 0.232 e. The van der Waals surface area contributed by atoms with E-state index in [1.807, 2.05) is 0 Å². The third-order valence-electron chi connectivity index (χ3n) is 10.2. The molecule has 0 spiro atoms. The van der Waals surface area contributed by atoms with Gasteiger partial charge in [0.25, 0.3) is 0 Å². The molecule has 1 aromatic heterocycles. The van der Waals surface area contributed by atoms with Crippen LogP contribution in [-0.4, -0.2) is 9.78 Å². The van der Waals surface area contributed by atoms with Crippen molar-refractivity contribution < 1.29 is 0 Å². The zero-order valence-electron chi connectivity index (χ0n) is 27.9. The van der Waals surface area contributed by atoms with Gasteiger partial charge in [0.05, 0.1) is 11.2 Å². The van der Waals surface area contributed by atoms with Crippen LogP contribution >= 0.6 is 0 Å². The number of fused-ring (bicyclic) bond motifs is 5. The summed E-state index contributed by atoms with van der Waals surface area (Å²) in [5.74, 6) is 0. The van der Waals surface area contributed by atoms with Crippen molar-refractivity contribution in [1.82, 2.24) is 9.78 Å². The molecule has 0 amide bonds. The van der Waals surface area contributed by atoms with Crippen LogP contribution in [0.4, 0.5) is 0 Å². The zero-order valence-corrected chi connectivity index (χ0v) is 27.9. The van der Waals surface area contributed by atoms with Gasteiger partial charge in [0.1, 0.15) is 5.69 Å². The molecule has 0 radical (unpaired) electrons. The molecule has 0 atom stereocenters. The first kappa shape index (κ1) is 29.2. The number of hydrogen-bond acceptors (Lipinski definition) is 1. The molecule has 238 valence electrons. The van der Waals surface area contributed by atoms with Gasteiger partial charge in [-0.1, -0.05) is 176 Å². The van der Waals surface area contributed by atoms with E-state index >= 15 is 0 Å². The van der Waals surface area contributed by atoms with Crippen molar-refractivity contribution in [2.75, 3.05) is 0 Å². The molecular formula is C49H32N2. The summed E-state index contributed by atoms with van der Waals surface area (Å²) >= 11 is 0. The Morgan fingerprint density at radius 3 is 1.35 bits per heavy atom. The van der Waals surface area contributed by atoms with Gasteiger partial charge >= 0.3 is 0 Å². The topological polar surface area (TPSA) is 17.8 Å². The first-order valence-corrected chi connectivity index (χ1v) is 17.5. The van der Waals surface area contributed by atoms with Crippen molar-refractivity contribution in [2.45, 2.75) is 0 Å². The molecule has 0 unspecified atom stereocenters. The normalized spacial score (nSPS) is 11.5.